The van der Waals surface area contributed by atoms with Crippen molar-refractivity contribution in [3.63, 3.8) is 0 Å². The maximum atomic E-state index is 11.5. The van der Waals surface area contributed by atoms with Crippen molar-refractivity contribution >= 4 is 17.6 Å². The third-order valence-electron chi connectivity index (χ3n) is 2.26. The molecule has 1 rings (SSSR count). The number of aliphatic carboxylic acids is 1. The Morgan fingerprint density at radius 2 is 1.95 bits per heavy atom. The average molecular weight is 267 g/mol. The number of hydrogen-bond donors (Lipinski definition) is 2. The standard InChI is InChI=1S/C13H17NO5/c1-3-18-11-6-4-10(5-7-11)14-12(15)8-19-9(2)13(16)17/h4-7,9H,3,8H2,1-2H3,(H,14,15)(H,16,17)/t9-/m0/s1. The van der Waals surface area contributed by atoms with Gasteiger partial charge in [0, 0.05) is 5.69 Å². The molecule has 0 spiro atoms. The molecule has 0 aliphatic carbocycles. The lowest BCUT2D eigenvalue weighted by molar-refractivity contribution is -0.150. The summed E-state index contributed by atoms with van der Waals surface area (Å²) in [5.74, 6) is -0.789. The van der Waals surface area contributed by atoms with Crippen LogP contribution in [-0.4, -0.2) is 36.3 Å². The molecule has 104 valence electrons. The molecule has 1 amide bonds. The molecule has 1 atom stereocenters. The van der Waals surface area contributed by atoms with Crippen LogP contribution in [0.5, 0.6) is 5.75 Å². The van der Waals surface area contributed by atoms with E-state index in [0.29, 0.717) is 12.3 Å². The van der Waals surface area contributed by atoms with Gasteiger partial charge in [-0.1, -0.05) is 0 Å². The maximum Gasteiger partial charge on any atom is 0.332 e. The van der Waals surface area contributed by atoms with Crippen LogP contribution in [0.4, 0.5) is 5.69 Å². The number of anilines is 1. The van der Waals surface area contributed by atoms with Crippen molar-refractivity contribution in [2.75, 3.05) is 18.5 Å². The highest BCUT2D eigenvalue weighted by molar-refractivity contribution is 5.91. The summed E-state index contributed by atoms with van der Waals surface area (Å²) < 4.78 is 10.1. The summed E-state index contributed by atoms with van der Waals surface area (Å²) in [5, 5.41) is 11.2. The molecule has 19 heavy (non-hydrogen) atoms. The van der Waals surface area contributed by atoms with Crippen molar-refractivity contribution < 1.29 is 24.2 Å². The van der Waals surface area contributed by atoms with Gasteiger partial charge in [-0.2, -0.15) is 0 Å². The summed E-state index contributed by atoms with van der Waals surface area (Å²) >= 11 is 0. The first-order chi connectivity index (χ1) is 9.02. The molecule has 0 unspecified atom stereocenters. The Balaban J connectivity index is 2.41. The molecular formula is C13H17NO5. The zero-order valence-corrected chi connectivity index (χ0v) is 10.9. The highest BCUT2D eigenvalue weighted by Gasteiger charge is 2.13. The number of rotatable bonds is 7. The summed E-state index contributed by atoms with van der Waals surface area (Å²) in [6.07, 6.45) is -1.01. The fourth-order valence-electron chi connectivity index (χ4n) is 1.27. The lowest BCUT2D eigenvalue weighted by Gasteiger charge is -2.09. The van der Waals surface area contributed by atoms with Gasteiger partial charge in [0.25, 0.3) is 0 Å². The van der Waals surface area contributed by atoms with Crippen LogP contribution < -0.4 is 10.1 Å². The SMILES string of the molecule is CCOc1ccc(NC(=O)CO[C@@H](C)C(=O)O)cc1. The van der Waals surface area contributed by atoms with Gasteiger partial charge in [-0.05, 0) is 38.1 Å². The van der Waals surface area contributed by atoms with Crippen LogP contribution in [0, 0.1) is 0 Å². The third kappa shape index (κ3) is 5.39. The molecule has 0 fully saturated rings. The minimum absolute atomic E-state index is 0.305. The molecule has 6 heteroatoms. The molecule has 2 N–H and O–H groups in total. The Hall–Kier alpha value is -2.08. The van der Waals surface area contributed by atoms with E-state index in [-0.39, 0.29) is 6.61 Å². The molecular weight excluding hydrogens is 250 g/mol. The quantitative estimate of drug-likeness (QED) is 0.782. The topological polar surface area (TPSA) is 84.9 Å². The molecule has 0 saturated heterocycles. The Labute approximate surface area is 111 Å². The van der Waals surface area contributed by atoms with E-state index in [1.165, 1.54) is 6.92 Å². The van der Waals surface area contributed by atoms with Gasteiger partial charge in [0.1, 0.15) is 12.4 Å². The van der Waals surface area contributed by atoms with Gasteiger partial charge in [-0.15, -0.1) is 0 Å². The van der Waals surface area contributed by atoms with Crippen LogP contribution in [-0.2, 0) is 14.3 Å². The van der Waals surface area contributed by atoms with E-state index < -0.39 is 18.0 Å². The second-order valence-corrected chi connectivity index (χ2v) is 3.80. The normalized spacial score (nSPS) is 11.7. The van der Waals surface area contributed by atoms with E-state index in [0.717, 1.165) is 5.75 Å². The van der Waals surface area contributed by atoms with Crippen molar-refractivity contribution in [1.29, 1.82) is 0 Å². The van der Waals surface area contributed by atoms with E-state index >= 15 is 0 Å². The van der Waals surface area contributed by atoms with Crippen LogP contribution in [0.25, 0.3) is 0 Å². The predicted molar refractivity (Wildman–Crippen MR) is 69.3 cm³/mol. The van der Waals surface area contributed by atoms with Gasteiger partial charge in [0.2, 0.25) is 5.91 Å². The first-order valence-electron chi connectivity index (χ1n) is 5.90. The largest absolute Gasteiger partial charge is 0.494 e. The molecule has 0 aliphatic heterocycles. The summed E-state index contributed by atoms with van der Waals surface area (Å²) in [6, 6.07) is 6.87. The highest BCUT2D eigenvalue weighted by atomic mass is 16.5. The van der Waals surface area contributed by atoms with E-state index in [1.54, 1.807) is 24.3 Å². The van der Waals surface area contributed by atoms with Crippen LogP contribution in [0.1, 0.15) is 13.8 Å². The summed E-state index contributed by atoms with van der Waals surface area (Å²) in [4.78, 5) is 22.0. The molecule has 1 aromatic carbocycles. The second kappa shape index (κ2) is 7.38. The molecule has 0 heterocycles. The Morgan fingerprint density at radius 3 is 2.47 bits per heavy atom. The smallest absolute Gasteiger partial charge is 0.332 e. The molecule has 0 radical (unpaired) electrons. The van der Waals surface area contributed by atoms with E-state index in [2.05, 4.69) is 5.32 Å². The van der Waals surface area contributed by atoms with E-state index in [4.69, 9.17) is 14.6 Å². The van der Waals surface area contributed by atoms with E-state index in [1.807, 2.05) is 6.92 Å². The van der Waals surface area contributed by atoms with Crippen LogP contribution >= 0.6 is 0 Å². The van der Waals surface area contributed by atoms with Gasteiger partial charge in [-0.3, -0.25) is 4.79 Å². The van der Waals surface area contributed by atoms with Gasteiger partial charge >= 0.3 is 5.97 Å². The summed E-state index contributed by atoms with van der Waals surface area (Å²) in [5.41, 5.74) is 0.597. The lowest BCUT2D eigenvalue weighted by atomic mass is 10.3. The number of amides is 1. The Morgan fingerprint density at radius 1 is 1.32 bits per heavy atom. The number of carbonyl (C=O) groups is 2. The molecule has 0 bridgehead atoms. The number of hydrogen-bond acceptors (Lipinski definition) is 4. The first kappa shape index (κ1) is 15.0. The summed E-state index contributed by atoms with van der Waals surface area (Å²) in [6.45, 7) is 3.52. The molecule has 0 aliphatic rings. The molecule has 1 aromatic rings. The monoisotopic (exact) mass is 267 g/mol. The number of ether oxygens (including phenoxy) is 2. The van der Waals surface area contributed by atoms with Crippen LogP contribution in [0.2, 0.25) is 0 Å². The minimum atomic E-state index is -1.10. The van der Waals surface area contributed by atoms with Gasteiger partial charge < -0.3 is 19.9 Å². The number of nitrogens with one attached hydrogen (secondary N) is 1. The molecule has 0 aromatic heterocycles. The van der Waals surface area contributed by atoms with Gasteiger partial charge in [-0.25, -0.2) is 4.79 Å². The average Bonchev–Trinajstić information content (AvgIpc) is 2.38. The third-order valence-corrected chi connectivity index (χ3v) is 2.26. The number of carboxylic acids is 1. The van der Waals surface area contributed by atoms with Crippen molar-refractivity contribution in [1.82, 2.24) is 0 Å². The second-order valence-electron chi connectivity index (χ2n) is 3.80. The van der Waals surface area contributed by atoms with E-state index in [9.17, 15) is 9.59 Å². The highest BCUT2D eigenvalue weighted by Crippen LogP contribution is 2.15. The van der Waals surface area contributed by atoms with Crippen molar-refractivity contribution in [2.45, 2.75) is 20.0 Å². The van der Waals surface area contributed by atoms with Crippen molar-refractivity contribution in [3.8, 4) is 5.75 Å². The zero-order valence-electron chi connectivity index (χ0n) is 10.9. The Bertz CT molecular complexity index is 429. The van der Waals surface area contributed by atoms with Crippen LogP contribution in [0.3, 0.4) is 0 Å². The molecule has 0 saturated carbocycles. The lowest BCUT2D eigenvalue weighted by Crippen LogP contribution is -2.26. The predicted octanol–water partition coefficient (Wildman–Crippen LogP) is 1.51. The van der Waals surface area contributed by atoms with Gasteiger partial charge in [0.05, 0.1) is 6.61 Å². The minimum Gasteiger partial charge on any atom is -0.494 e. The Kier molecular flexibility index (Phi) is 5.81. The molecule has 6 nitrogen and oxygen atoms in total. The maximum absolute atomic E-state index is 11.5. The fourth-order valence-corrected chi connectivity index (χ4v) is 1.27. The summed E-state index contributed by atoms with van der Waals surface area (Å²) in [7, 11) is 0. The fraction of sp³-hybridized carbons (Fsp3) is 0.385. The van der Waals surface area contributed by atoms with Crippen molar-refractivity contribution in [3.05, 3.63) is 24.3 Å². The zero-order chi connectivity index (χ0) is 14.3. The number of benzene rings is 1. The van der Waals surface area contributed by atoms with Gasteiger partial charge in [0.15, 0.2) is 6.10 Å². The van der Waals surface area contributed by atoms with Crippen LogP contribution in [0.15, 0.2) is 24.3 Å². The number of carboxylic acid groups (broad SMARTS) is 1. The first-order valence-corrected chi connectivity index (χ1v) is 5.90. The number of carbonyl (C=O) groups excluding carboxylic acids is 1. The van der Waals surface area contributed by atoms with Crippen molar-refractivity contribution in [2.24, 2.45) is 0 Å².